The van der Waals surface area contributed by atoms with Crippen LogP contribution >= 0.6 is 0 Å². The van der Waals surface area contributed by atoms with Crippen molar-refractivity contribution in [3.63, 3.8) is 0 Å². The van der Waals surface area contributed by atoms with E-state index in [1.807, 2.05) is 31.9 Å². The number of nitrogens with two attached hydrogens (primary N) is 3. The maximum Gasteiger partial charge on any atom is 0.323 e. The highest BCUT2D eigenvalue weighted by molar-refractivity contribution is 6.06. The van der Waals surface area contributed by atoms with Gasteiger partial charge in [-0.15, -0.1) is 0 Å². The Bertz CT molecular complexity index is 790. The minimum absolute atomic E-state index is 0.617. The molecule has 0 aromatic rings. The molecule has 3 atom stereocenters. The molecule has 21 nitrogen and oxygen atoms in total. The van der Waals surface area contributed by atoms with Crippen molar-refractivity contribution in [1.29, 1.82) is 0 Å². The second-order valence-corrected chi connectivity index (χ2v) is 5.71. The summed E-state index contributed by atoms with van der Waals surface area (Å²) in [6, 6.07) is -4.54. The third kappa shape index (κ3) is 8.89. The molecule has 0 radical (unpaired) electrons. The minimum atomic E-state index is -1.04. The topological polar surface area (TPSA) is 340 Å². The summed E-state index contributed by atoms with van der Waals surface area (Å²) < 4.78 is 0. The van der Waals surface area contributed by atoms with Gasteiger partial charge in [0, 0.05) is 0 Å². The van der Waals surface area contributed by atoms with Crippen LogP contribution < -0.4 is 65.1 Å². The molecule has 15 amide bonds. The quantitative estimate of drug-likeness (QED) is 0.173. The van der Waals surface area contributed by atoms with Gasteiger partial charge in [0.1, 0.15) is 0 Å². The second-order valence-electron chi connectivity index (χ2n) is 5.71. The van der Waals surface area contributed by atoms with Crippen molar-refractivity contribution in [3.05, 3.63) is 0 Å². The zero-order valence-electron chi connectivity index (χ0n) is 16.1. The summed E-state index contributed by atoms with van der Waals surface area (Å²) in [6.07, 6.45) is -3.13. The summed E-state index contributed by atoms with van der Waals surface area (Å²) in [5, 5.41) is 18.2. The Balaban J connectivity index is 0.000000247. The number of carbonyl (C=O) groups is 9. The molecule has 0 aromatic heterocycles. The van der Waals surface area contributed by atoms with E-state index in [9.17, 15) is 43.2 Å². The molecule has 3 fully saturated rings. The van der Waals surface area contributed by atoms with Gasteiger partial charge in [-0.2, -0.15) is 0 Å². The Kier molecular flexibility index (Phi) is 8.66. The van der Waals surface area contributed by atoms with E-state index in [0.29, 0.717) is 0 Å². The highest BCUT2D eigenvalue weighted by atomic mass is 16.2. The van der Waals surface area contributed by atoms with E-state index in [4.69, 9.17) is 17.2 Å². The first kappa shape index (κ1) is 25.7. The molecule has 0 spiro atoms. The van der Waals surface area contributed by atoms with Gasteiger partial charge in [0.25, 0.3) is 17.7 Å². The van der Waals surface area contributed by atoms with Crippen LogP contribution in [0, 0.1) is 0 Å². The van der Waals surface area contributed by atoms with E-state index in [2.05, 4.69) is 16.0 Å². The molecule has 0 aliphatic carbocycles. The summed E-state index contributed by atoms with van der Waals surface area (Å²) in [5.74, 6) is -1.85. The van der Waals surface area contributed by atoms with Crippen molar-refractivity contribution in [2.45, 2.75) is 18.5 Å². The number of rotatable bonds is 3. The first-order valence-corrected chi connectivity index (χ1v) is 8.30. The Hall–Kier alpha value is -5.37. The summed E-state index contributed by atoms with van der Waals surface area (Å²) in [7, 11) is 0. The van der Waals surface area contributed by atoms with Gasteiger partial charge >= 0.3 is 36.2 Å². The van der Waals surface area contributed by atoms with Crippen molar-refractivity contribution in [2.24, 2.45) is 17.2 Å². The largest absolute Gasteiger partial charge is 0.352 e. The van der Waals surface area contributed by atoms with E-state index >= 15 is 0 Å². The number of nitrogens with one attached hydrogen (secondary N) is 9. The number of carbonyl (C=O) groups excluding carboxylic acids is 9. The lowest BCUT2D eigenvalue weighted by Gasteiger charge is -2.05. The van der Waals surface area contributed by atoms with Crippen molar-refractivity contribution < 1.29 is 43.2 Å². The molecule has 0 bridgehead atoms. The monoisotopic (exact) mass is 474 g/mol. The summed E-state index contributed by atoms with van der Waals surface area (Å²) >= 11 is 0. The molecule has 3 aliphatic heterocycles. The zero-order chi connectivity index (χ0) is 25.3. The molecule has 3 heterocycles. The van der Waals surface area contributed by atoms with E-state index in [1.54, 1.807) is 0 Å². The van der Waals surface area contributed by atoms with Gasteiger partial charge in [-0.05, 0) is 0 Å². The number of urea groups is 6. The molecule has 3 unspecified atom stereocenters. The highest BCUT2D eigenvalue weighted by Gasteiger charge is 2.31. The van der Waals surface area contributed by atoms with Gasteiger partial charge in [0.15, 0.2) is 18.5 Å². The molecular formula is C12H18N12O9. The van der Waals surface area contributed by atoms with Crippen molar-refractivity contribution in [3.8, 4) is 0 Å². The normalized spacial score (nSPS) is 22.4. The van der Waals surface area contributed by atoms with Gasteiger partial charge in [0.2, 0.25) is 0 Å². The van der Waals surface area contributed by atoms with Crippen molar-refractivity contribution in [1.82, 2.24) is 47.9 Å². The van der Waals surface area contributed by atoms with Crippen LogP contribution in [0.2, 0.25) is 0 Å². The number of hydrogen-bond donors (Lipinski definition) is 12. The summed E-state index contributed by atoms with van der Waals surface area (Å²) in [5.41, 5.74) is 14.1. The van der Waals surface area contributed by atoms with E-state index in [-0.39, 0.29) is 0 Å². The van der Waals surface area contributed by atoms with Gasteiger partial charge in [-0.1, -0.05) is 0 Å². The fourth-order valence-electron chi connectivity index (χ4n) is 1.98. The average molecular weight is 474 g/mol. The lowest BCUT2D eigenvalue weighted by Crippen LogP contribution is -2.48. The summed E-state index contributed by atoms with van der Waals surface area (Å²) in [6.45, 7) is 0. The maximum absolute atomic E-state index is 10.7. The molecule has 3 saturated heterocycles. The zero-order valence-corrected chi connectivity index (χ0v) is 16.1. The Labute approximate surface area is 181 Å². The number of primary amides is 3. The molecule has 3 aliphatic rings. The fraction of sp³-hybridized carbons (Fsp3) is 0.250. The molecule has 33 heavy (non-hydrogen) atoms. The van der Waals surface area contributed by atoms with Crippen molar-refractivity contribution in [2.75, 3.05) is 0 Å². The van der Waals surface area contributed by atoms with Crippen LogP contribution in [-0.4, -0.2) is 72.4 Å². The van der Waals surface area contributed by atoms with E-state index < -0.39 is 72.4 Å². The average Bonchev–Trinajstić information content (AvgIpc) is 3.24. The molecule has 3 rings (SSSR count). The first-order valence-electron chi connectivity index (χ1n) is 8.30. The molecule has 0 saturated carbocycles. The molecule has 0 aromatic carbocycles. The SMILES string of the molecule is NC(=O)NC1NC(=O)NC1=O.NC(=O)NC1NC(=O)NC1=O.NC(=O)NC1NC(=O)NC1=O. The molecule has 21 heteroatoms. The predicted molar refractivity (Wildman–Crippen MR) is 99.5 cm³/mol. The van der Waals surface area contributed by atoms with Crippen LogP contribution in [0.3, 0.4) is 0 Å². The van der Waals surface area contributed by atoms with Gasteiger partial charge in [-0.25, -0.2) is 28.8 Å². The Morgan fingerprint density at radius 2 is 0.727 bits per heavy atom. The maximum atomic E-state index is 10.7. The van der Waals surface area contributed by atoms with Crippen molar-refractivity contribution >= 4 is 53.9 Å². The smallest absolute Gasteiger partial charge is 0.323 e. The van der Waals surface area contributed by atoms with Gasteiger partial charge in [0.05, 0.1) is 0 Å². The van der Waals surface area contributed by atoms with Crippen LogP contribution in [0.1, 0.15) is 0 Å². The lowest BCUT2D eigenvalue weighted by atomic mass is 10.5. The number of hydrogen-bond acceptors (Lipinski definition) is 9. The molecule has 15 N–H and O–H groups in total. The van der Waals surface area contributed by atoms with E-state index in [0.717, 1.165) is 0 Å². The van der Waals surface area contributed by atoms with Crippen LogP contribution in [0.4, 0.5) is 28.8 Å². The van der Waals surface area contributed by atoms with Gasteiger partial charge in [-0.3, -0.25) is 30.3 Å². The molecular weight excluding hydrogens is 456 g/mol. The van der Waals surface area contributed by atoms with Crippen LogP contribution in [-0.2, 0) is 14.4 Å². The Morgan fingerprint density at radius 3 is 0.848 bits per heavy atom. The predicted octanol–water partition coefficient (Wildman–Crippen LogP) is -6.54. The van der Waals surface area contributed by atoms with E-state index in [1.165, 1.54) is 0 Å². The highest BCUT2D eigenvalue weighted by Crippen LogP contribution is 1.88. The van der Waals surface area contributed by atoms with Crippen LogP contribution in [0.15, 0.2) is 0 Å². The Morgan fingerprint density at radius 1 is 0.515 bits per heavy atom. The van der Waals surface area contributed by atoms with Gasteiger partial charge < -0.3 is 49.1 Å². The summed E-state index contributed by atoms with van der Waals surface area (Å²) in [4.78, 5) is 93.8. The fourth-order valence-corrected chi connectivity index (χ4v) is 1.98. The third-order valence-corrected chi connectivity index (χ3v) is 3.18. The van der Waals surface area contributed by atoms with Crippen LogP contribution in [0.25, 0.3) is 0 Å². The minimum Gasteiger partial charge on any atom is -0.352 e. The second kappa shape index (κ2) is 11.1. The first-order chi connectivity index (χ1) is 15.3. The molecule has 180 valence electrons. The van der Waals surface area contributed by atoms with Crippen LogP contribution in [0.5, 0.6) is 0 Å². The lowest BCUT2D eigenvalue weighted by molar-refractivity contribution is -0.121. The number of imide groups is 3. The number of amides is 15. The standard InChI is InChI=1S/3C4H6N4O3/c3*5-3(10)6-1-2(9)8-4(11)7-1/h3*1H,(H3,5,6,10)(H2,7,8,9,11). The third-order valence-electron chi connectivity index (χ3n) is 3.18.